The number of nitriles is 1. The SMILES string of the molecule is CNC1=C(C(=N)c2cnc3[nH]cc(C(=O)N[C@H](C)C(=O)N4CC(C#N)C4)c3n2)C=CC(C)N1. The molecule has 0 radical (unpaired) electrons. The monoisotopic (exact) mass is 447 g/mol. The topological polar surface area (TPSA) is 163 Å². The summed E-state index contributed by atoms with van der Waals surface area (Å²) in [7, 11) is 1.77. The van der Waals surface area contributed by atoms with Gasteiger partial charge < -0.3 is 25.8 Å². The van der Waals surface area contributed by atoms with Gasteiger partial charge in [0, 0.05) is 37.9 Å². The first-order valence-corrected chi connectivity index (χ1v) is 10.6. The molecule has 1 fully saturated rings. The van der Waals surface area contributed by atoms with Gasteiger partial charge in [0.1, 0.15) is 23.1 Å². The zero-order chi connectivity index (χ0) is 23.7. The van der Waals surface area contributed by atoms with Gasteiger partial charge in [-0.05, 0) is 13.8 Å². The number of fused-ring (bicyclic) bond motifs is 1. The Morgan fingerprint density at radius 3 is 2.85 bits per heavy atom. The van der Waals surface area contributed by atoms with Gasteiger partial charge in [0.25, 0.3) is 5.91 Å². The minimum Gasteiger partial charge on any atom is -0.374 e. The summed E-state index contributed by atoms with van der Waals surface area (Å²) in [5.41, 5.74) is 2.06. The van der Waals surface area contributed by atoms with E-state index in [0.29, 0.717) is 41.3 Å². The summed E-state index contributed by atoms with van der Waals surface area (Å²) < 4.78 is 0. The normalized spacial score (nSPS) is 18.8. The number of allylic oxidation sites excluding steroid dienone is 2. The number of nitrogens with zero attached hydrogens (tertiary/aromatic N) is 4. The van der Waals surface area contributed by atoms with Crippen LogP contribution in [0, 0.1) is 22.7 Å². The highest BCUT2D eigenvalue weighted by Gasteiger charge is 2.33. The lowest BCUT2D eigenvalue weighted by molar-refractivity contribution is -0.137. The van der Waals surface area contributed by atoms with Crippen LogP contribution in [0.25, 0.3) is 11.2 Å². The maximum absolute atomic E-state index is 12.9. The summed E-state index contributed by atoms with van der Waals surface area (Å²) in [6.45, 7) is 4.37. The minimum absolute atomic E-state index is 0.129. The number of hydrogen-bond donors (Lipinski definition) is 5. The second-order valence-corrected chi connectivity index (χ2v) is 8.13. The van der Waals surface area contributed by atoms with E-state index in [2.05, 4.69) is 37.0 Å². The molecule has 4 rings (SSSR count). The number of carbonyl (C=O) groups excluding carboxylic acids is 2. The molecule has 4 heterocycles. The Hall–Kier alpha value is -4.20. The third kappa shape index (κ3) is 4.15. The highest BCUT2D eigenvalue weighted by molar-refractivity contribution is 6.13. The van der Waals surface area contributed by atoms with Gasteiger partial charge in [-0.1, -0.05) is 12.2 Å². The zero-order valence-corrected chi connectivity index (χ0v) is 18.6. The first kappa shape index (κ1) is 22.0. The average Bonchev–Trinajstić information content (AvgIpc) is 3.21. The zero-order valence-electron chi connectivity index (χ0n) is 18.6. The van der Waals surface area contributed by atoms with Gasteiger partial charge in [-0.15, -0.1) is 0 Å². The number of hydrogen-bond acceptors (Lipinski definition) is 8. The number of H-pyrrole nitrogens is 1. The predicted molar refractivity (Wildman–Crippen MR) is 121 cm³/mol. The molecule has 2 amide bonds. The number of aromatic amines is 1. The van der Waals surface area contributed by atoms with E-state index in [1.165, 1.54) is 12.4 Å². The van der Waals surface area contributed by atoms with Gasteiger partial charge in [0.2, 0.25) is 5.91 Å². The molecule has 33 heavy (non-hydrogen) atoms. The smallest absolute Gasteiger partial charge is 0.255 e. The molecule has 0 aromatic carbocycles. The second-order valence-electron chi connectivity index (χ2n) is 8.13. The third-order valence-corrected chi connectivity index (χ3v) is 5.69. The molecule has 0 saturated carbocycles. The lowest BCUT2D eigenvalue weighted by Crippen LogP contribution is -2.55. The van der Waals surface area contributed by atoms with Gasteiger partial charge in [-0.3, -0.25) is 15.0 Å². The summed E-state index contributed by atoms with van der Waals surface area (Å²) in [4.78, 5) is 38.7. The van der Waals surface area contributed by atoms with E-state index in [0.717, 1.165) is 0 Å². The molecular weight excluding hydrogens is 422 g/mol. The van der Waals surface area contributed by atoms with Crippen LogP contribution in [-0.2, 0) is 4.79 Å². The van der Waals surface area contributed by atoms with E-state index < -0.39 is 11.9 Å². The van der Waals surface area contributed by atoms with Crippen molar-refractivity contribution in [2.45, 2.75) is 25.9 Å². The number of dihydropyridines is 1. The van der Waals surface area contributed by atoms with E-state index in [1.54, 1.807) is 18.9 Å². The maximum atomic E-state index is 12.9. The summed E-state index contributed by atoms with van der Waals surface area (Å²) in [6.07, 6.45) is 6.77. The van der Waals surface area contributed by atoms with Gasteiger partial charge >= 0.3 is 0 Å². The molecule has 2 aromatic heterocycles. The molecule has 1 saturated heterocycles. The van der Waals surface area contributed by atoms with Crippen LogP contribution in [0.4, 0.5) is 0 Å². The van der Waals surface area contributed by atoms with E-state index >= 15 is 0 Å². The Bertz CT molecular complexity index is 1230. The van der Waals surface area contributed by atoms with Crippen molar-refractivity contribution in [2.75, 3.05) is 20.1 Å². The van der Waals surface area contributed by atoms with Gasteiger partial charge in [-0.25, -0.2) is 9.97 Å². The van der Waals surface area contributed by atoms with Crippen LogP contribution in [0.2, 0.25) is 0 Å². The van der Waals surface area contributed by atoms with E-state index in [4.69, 9.17) is 10.7 Å². The number of likely N-dealkylation sites (tertiary alicyclic amines) is 1. The number of amides is 2. The molecule has 11 nitrogen and oxygen atoms in total. The number of carbonyl (C=O) groups is 2. The summed E-state index contributed by atoms with van der Waals surface area (Å²) in [5, 5.41) is 26.5. The Morgan fingerprint density at radius 1 is 1.39 bits per heavy atom. The van der Waals surface area contributed by atoms with Crippen LogP contribution >= 0.6 is 0 Å². The Kier molecular flexibility index (Phi) is 5.83. The fourth-order valence-electron chi connectivity index (χ4n) is 3.77. The van der Waals surface area contributed by atoms with Crippen molar-refractivity contribution in [3.05, 3.63) is 47.2 Å². The standard InChI is InChI=1S/C22H25N9O2/c1-11-4-5-14(19(25-3)28-11)17(24)16-8-27-20-18(30-16)15(7-26-20)21(32)29-12(2)22(33)31-9-13(6-23)10-31/h4-5,7-8,11-13,24-25,28H,9-10H2,1-3H3,(H,26,27)(H,29,32)/t11?,12-/m1/s1. The van der Waals surface area contributed by atoms with Gasteiger partial charge in [0.05, 0.1) is 29.5 Å². The molecule has 0 aliphatic carbocycles. The van der Waals surface area contributed by atoms with Crippen LogP contribution < -0.4 is 16.0 Å². The quantitative estimate of drug-likeness (QED) is 0.400. The molecule has 1 unspecified atom stereocenters. The lowest BCUT2D eigenvalue weighted by Gasteiger charge is -2.37. The van der Waals surface area contributed by atoms with Crippen molar-refractivity contribution in [2.24, 2.45) is 5.92 Å². The van der Waals surface area contributed by atoms with Crippen molar-refractivity contribution in [1.29, 1.82) is 10.7 Å². The van der Waals surface area contributed by atoms with Crippen LogP contribution in [0.15, 0.2) is 35.9 Å². The molecule has 0 spiro atoms. The Balaban J connectivity index is 1.54. The molecule has 2 aliphatic heterocycles. The molecule has 5 N–H and O–H groups in total. The van der Waals surface area contributed by atoms with Crippen molar-refractivity contribution >= 4 is 28.7 Å². The molecule has 11 heteroatoms. The predicted octanol–water partition coefficient (Wildman–Crippen LogP) is 0.405. The second kappa shape index (κ2) is 8.74. The van der Waals surface area contributed by atoms with Crippen LogP contribution in [0.1, 0.15) is 29.9 Å². The summed E-state index contributed by atoms with van der Waals surface area (Å²) in [5.74, 6) is -0.146. The number of rotatable bonds is 6. The molecule has 2 atom stereocenters. The highest BCUT2D eigenvalue weighted by atomic mass is 16.2. The third-order valence-electron chi connectivity index (χ3n) is 5.69. The van der Waals surface area contributed by atoms with Crippen LogP contribution in [0.3, 0.4) is 0 Å². The van der Waals surface area contributed by atoms with Crippen molar-refractivity contribution in [1.82, 2.24) is 35.8 Å². The molecule has 2 aromatic rings. The molecular formula is C22H25N9O2. The average molecular weight is 448 g/mol. The van der Waals surface area contributed by atoms with E-state index in [-0.39, 0.29) is 29.1 Å². The fraction of sp³-hybridized carbons (Fsp3) is 0.364. The molecule has 2 aliphatic rings. The van der Waals surface area contributed by atoms with Crippen molar-refractivity contribution in [3.63, 3.8) is 0 Å². The van der Waals surface area contributed by atoms with Crippen molar-refractivity contribution < 1.29 is 9.59 Å². The largest absolute Gasteiger partial charge is 0.374 e. The Morgan fingerprint density at radius 2 is 2.15 bits per heavy atom. The maximum Gasteiger partial charge on any atom is 0.255 e. The minimum atomic E-state index is -0.750. The van der Waals surface area contributed by atoms with Gasteiger partial charge in [0.15, 0.2) is 5.65 Å². The van der Waals surface area contributed by atoms with Crippen molar-refractivity contribution in [3.8, 4) is 6.07 Å². The first-order chi connectivity index (χ1) is 15.8. The molecule has 170 valence electrons. The van der Waals surface area contributed by atoms with E-state index in [9.17, 15) is 9.59 Å². The summed E-state index contributed by atoms with van der Waals surface area (Å²) >= 11 is 0. The lowest BCUT2D eigenvalue weighted by atomic mass is 10.0. The Labute approximate surface area is 190 Å². The number of nitrogens with one attached hydrogen (secondary N) is 5. The van der Waals surface area contributed by atoms with E-state index in [1.807, 2.05) is 19.1 Å². The highest BCUT2D eigenvalue weighted by Crippen LogP contribution is 2.19. The van der Waals surface area contributed by atoms with Crippen LogP contribution in [-0.4, -0.2) is 69.6 Å². The summed E-state index contributed by atoms with van der Waals surface area (Å²) in [6, 6.07) is 1.50. The first-order valence-electron chi connectivity index (χ1n) is 10.6. The van der Waals surface area contributed by atoms with Crippen LogP contribution in [0.5, 0.6) is 0 Å². The van der Waals surface area contributed by atoms with Gasteiger partial charge in [-0.2, -0.15) is 5.26 Å². The fourth-order valence-corrected chi connectivity index (χ4v) is 3.77. The number of aromatic nitrogens is 3. The molecule has 0 bridgehead atoms.